The van der Waals surface area contributed by atoms with Gasteiger partial charge in [0.1, 0.15) is 4.83 Å². The van der Waals surface area contributed by atoms with Crippen molar-refractivity contribution in [2.24, 2.45) is 0 Å². The van der Waals surface area contributed by atoms with Gasteiger partial charge in [0, 0.05) is 5.56 Å². The molecule has 0 fully saturated rings. The Morgan fingerprint density at radius 3 is 2.35 bits per heavy atom. The van der Waals surface area contributed by atoms with Crippen molar-refractivity contribution in [3.05, 3.63) is 71.6 Å². The van der Waals surface area contributed by atoms with E-state index in [0.717, 1.165) is 11.1 Å². The molecule has 4 heteroatoms. The monoisotopic (exact) mass is 328 g/mol. The number of rotatable bonds is 3. The molecule has 0 N–H and O–H groups in total. The number of benzene rings is 2. The van der Waals surface area contributed by atoms with Gasteiger partial charge in [-0.2, -0.15) is 0 Å². The Morgan fingerprint density at radius 1 is 0.950 bits per heavy atom. The molecular formula is C16H13BrN2O. The lowest BCUT2D eigenvalue weighted by molar-refractivity contribution is 0.517. The molecule has 0 saturated heterocycles. The van der Waals surface area contributed by atoms with Gasteiger partial charge in [-0.05, 0) is 24.6 Å². The van der Waals surface area contributed by atoms with E-state index in [0.29, 0.717) is 11.8 Å². The summed E-state index contributed by atoms with van der Waals surface area (Å²) in [6.45, 7) is 2.05. The summed E-state index contributed by atoms with van der Waals surface area (Å²) in [7, 11) is 0. The average molecular weight is 329 g/mol. The zero-order valence-corrected chi connectivity index (χ0v) is 12.5. The van der Waals surface area contributed by atoms with Crippen LogP contribution in [-0.4, -0.2) is 10.2 Å². The summed E-state index contributed by atoms with van der Waals surface area (Å²) in [5.74, 6) is 1.10. The highest BCUT2D eigenvalue weighted by Crippen LogP contribution is 2.31. The van der Waals surface area contributed by atoms with E-state index in [1.165, 1.54) is 5.56 Å². The molecule has 20 heavy (non-hydrogen) atoms. The first-order chi connectivity index (χ1) is 9.74. The lowest BCUT2D eigenvalue weighted by atomic mass is 10.1. The van der Waals surface area contributed by atoms with E-state index in [1.54, 1.807) is 0 Å². The lowest BCUT2D eigenvalue weighted by Crippen LogP contribution is -1.92. The van der Waals surface area contributed by atoms with Gasteiger partial charge in [-0.1, -0.05) is 64.0 Å². The molecule has 1 atom stereocenters. The number of aromatic nitrogens is 2. The van der Waals surface area contributed by atoms with Crippen LogP contribution in [0.1, 0.15) is 21.8 Å². The molecule has 3 rings (SSSR count). The molecule has 0 saturated carbocycles. The molecule has 0 aliphatic rings. The van der Waals surface area contributed by atoms with Crippen LogP contribution in [0.2, 0.25) is 0 Å². The van der Waals surface area contributed by atoms with Gasteiger partial charge in [0.05, 0.1) is 0 Å². The summed E-state index contributed by atoms with van der Waals surface area (Å²) in [6, 6.07) is 18.0. The van der Waals surface area contributed by atoms with Crippen LogP contribution >= 0.6 is 15.9 Å². The summed E-state index contributed by atoms with van der Waals surface area (Å²) in [6.07, 6.45) is 0. The first-order valence-electron chi connectivity index (χ1n) is 6.33. The molecule has 3 aromatic rings. The Morgan fingerprint density at radius 2 is 1.65 bits per heavy atom. The van der Waals surface area contributed by atoms with Gasteiger partial charge in [0.25, 0.3) is 0 Å². The van der Waals surface area contributed by atoms with Crippen LogP contribution < -0.4 is 0 Å². The normalized spacial score (nSPS) is 12.3. The fraction of sp³-hybridized carbons (Fsp3) is 0.125. The molecule has 0 aliphatic heterocycles. The maximum absolute atomic E-state index is 5.76. The molecule has 1 heterocycles. The van der Waals surface area contributed by atoms with E-state index in [-0.39, 0.29) is 4.83 Å². The Kier molecular flexibility index (Phi) is 3.65. The van der Waals surface area contributed by atoms with E-state index < -0.39 is 0 Å². The Hall–Kier alpha value is -1.94. The third-order valence-corrected chi connectivity index (χ3v) is 3.97. The molecular weight excluding hydrogens is 316 g/mol. The standard InChI is InChI=1S/C16H13BrN2O/c1-11-7-9-13(10-8-11)15-18-19-16(20-15)14(17)12-5-3-2-4-6-12/h2-10,14H,1H3/t14-/m1/s1. The van der Waals surface area contributed by atoms with Gasteiger partial charge >= 0.3 is 0 Å². The van der Waals surface area contributed by atoms with E-state index in [9.17, 15) is 0 Å². The van der Waals surface area contributed by atoms with Gasteiger partial charge < -0.3 is 4.42 Å². The van der Waals surface area contributed by atoms with Crippen molar-refractivity contribution < 1.29 is 4.42 Å². The van der Waals surface area contributed by atoms with Crippen molar-refractivity contribution in [2.75, 3.05) is 0 Å². The Balaban J connectivity index is 1.89. The zero-order chi connectivity index (χ0) is 13.9. The molecule has 0 spiro atoms. The summed E-state index contributed by atoms with van der Waals surface area (Å²) >= 11 is 3.60. The van der Waals surface area contributed by atoms with Crippen molar-refractivity contribution in [1.82, 2.24) is 10.2 Å². The maximum atomic E-state index is 5.76. The molecule has 1 aromatic heterocycles. The van der Waals surface area contributed by atoms with E-state index in [4.69, 9.17) is 4.42 Å². The number of nitrogens with zero attached hydrogens (tertiary/aromatic N) is 2. The van der Waals surface area contributed by atoms with Gasteiger partial charge in [0.2, 0.25) is 11.8 Å². The summed E-state index contributed by atoms with van der Waals surface area (Å²) in [4.78, 5) is -0.0876. The first kappa shape index (κ1) is 13.1. The van der Waals surface area contributed by atoms with E-state index >= 15 is 0 Å². The van der Waals surface area contributed by atoms with Gasteiger partial charge in [-0.3, -0.25) is 0 Å². The minimum Gasteiger partial charge on any atom is -0.419 e. The SMILES string of the molecule is Cc1ccc(-c2nnc([C@H](Br)c3ccccc3)o2)cc1. The number of aryl methyl sites for hydroxylation is 1. The van der Waals surface area contributed by atoms with Crippen LogP contribution in [-0.2, 0) is 0 Å². The van der Waals surface area contributed by atoms with Gasteiger partial charge in [0.15, 0.2) is 0 Å². The molecule has 0 unspecified atom stereocenters. The summed E-state index contributed by atoms with van der Waals surface area (Å²) in [5, 5.41) is 8.24. The highest BCUT2D eigenvalue weighted by Gasteiger charge is 2.18. The van der Waals surface area contributed by atoms with Crippen molar-refractivity contribution in [1.29, 1.82) is 0 Å². The van der Waals surface area contributed by atoms with Gasteiger partial charge in [-0.25, -0.2) is 0 Å². The van der Waals surface area contributed by atoms with Crippen LogP contribution in [0, 0.1) is 6.92 Å². The predicted molar refractivity (Wildman–Crippen MR) is 81.7 cm³/mol. The van der Waals surface area contributed by atoms with E-state index in [1.807, 2.05) is 61.5 Å². The number of hydrogen-bond donors (Lipinski definition) is 0. The summed E-state index contributed by atoms with van der Waals surface area (Å²) in [5.41, 5.74) is 3.23. The van der Waals surface area contributed by atoms with E-state index in [2.05, 4.69) is 26.1 Å². The quantitative estimate of drug-likeness (QED) is 0.663. The van der Waals surface area contributed by atoms with Crippen LogP contribution in [0.4, 0.5) is 0 Å². The molecule has 0 amide bonds. The van der Waals surface area contributed by atoms with Crippen molar-refractivity contribution in [2.45, 2.75) is 11.8 Å². The second kappa shape index (κ2) is 5.59. The zero-order valence-electron chi connectivity index (χ0n) is 11.0. The van der Waals surface area contributed by atoms with Crippen molar-refractivity contribution in [3.63, 3.8) is 0 Å². The number of halogens is 1. The minimum absolute atomic E-state index is 0.0876. The topological polar surface area (TPSA) is 38.9 Å². The second-order valence-electron chi connectivity index (χ2n) is 4.58. The fourth-order valence-corrected chi connectivity index (χ4v) is 2.40. The average Bonchev–Trinajstić information content (AvgIpc) is 2.98. The molecule has 3 nitrogen and oxygen atoms in total. The van der Waals surface area contributed by atoms with Crippen LogP contribution in [0.3, 0.4) is 0 Å². The van der Waals surface area contributed by atoms with Crippen molar-refractivity contribution in [3.8, 4) is 11.5 Å². The van der Waals surface area contributed by atoms with Crippen LogP contribution in [0.5, 0.6) is 0 Å². The minimum atomic E-state index is -0.0876. The third-order valence-electron chi connectivity index (χ3n) is 3.05. The van der Waals surface area contributed by atoms with Crippen molar-refractivity contribution >= 4 is 15.9 Å². The largest absolute Gasteiger partial charge is 0.419 e. The maximum Gasteiger partial charge on any atom is 0.247 e. The van der Waals surface area contributed by atoms with Crippen LogP contribution in [0.25, 0.3) is 11.5 Å². The molecule has 2 aromatic carbocycles. The summed E-state index contributed by atoms with van der Waals surface area (Å²) < 4.78 is 5.76. The smallest absolute Gasteiger partial charge is 0.247 e. The molecule has 0 aliphatic carbocycles. The fourth-order valence-electron chi connectivity index (χ4n) is 1.91. The molecule has 0 bridgehead atoms. The second-order valence-corrected chi connectivity index (χ2v) is 5.50. The predicted octanol–water partition coefficient (Wildman–Crippen LogP) is 4.53. The number of alkyl halides is 1. The Bertz CT molecular complexity index is 692. The highest BCUT2D eigenvalue weighted by atomic mass is 79.9. The molecule has 0 radical (unpaired) electrons. The highest BCUT2D eigenvalue weighted by molar-refractivity contribution is 9.09. The van der Waals surface area contributed by atoms with Crippen LogP contribution in [0.15, 0.2) is 59.0 Å². The third kappa shape index (κ3) is 2.65. The van der Waals surface area contributed by atoms with Gasteiger partial charge in [-0.15, -0.1) is 10.2 Å². The number of hydrogen-bond acceptors (Lipinski definition) is 3. The lowest BCUT2D eigenvalue weighted by Gasteiger charge is -2.04. The molecule has 100 valence electrons. The Labute approximate surface area is 125 Å². The first-order valence-corrected chi connectivity index (χ1v) is 7.25.